The van der Waals surface area contributed by atoms with Crippen LogP contribution in [0, 0.1) is 13.8 Å². The third-order valence-electron chi connectivity index (χ3n) is 5.82. The van der Waals surface area contributed by atoms with E-state index in [4.69, 9.17) is 5.10 Å². The Balaban J connectivity index is 1.42. The number of aromatic nitrogens is 5. The van der Waals surface area contributed by atoms with Gasteiger partial charge in [0.1, 0.15) is 11.3 Å². The van der Waals surface area contributed by atoms with Crippen LogP contribution in [0.4, 0.5) is 0 Å². The molecule has 1 amide bonds. The summed E-state index contributed by atoms with van der Waals surface area (Å²) in [5.41, 5.74) is 6.18. The first kappa shape index (κ1) is 19.1. The minimum Gasteiger partial charge on any atom is -0.341 e. The second-order valence-corrected chi connectivity index (χ2v) is 8.98. The van der Waals surface area contributed by atoms with Crippen molar-refractivity contribution < 1.29 is 4.79 Å². The van der Waals surface area contributed by atoms with E-state index in [-0.39, 0.29) is 5.91 Å². The molecule has 1 fully saturated rings. The van der Waals surface area contributed by atoms with Crippen molar-refractivity contribution >= 4 is 28.8 Å². The first-order valence-corrected chi connectivity index (χ1v) is 11.4. The van der Waals surface area contributed by atoms with Crippen LogP contribution in [-0.4, -0.2) is 59.6 Å². The fourth-order valence-corrected chi connectivity index (χ4v) is 4.76. The van der Waals surface area contributed by atoms with E-state index in [0.717, 1.165) is 52.8 Å². The van der Waals surface area contributed by atoms with E-state index in [1.165, 1.54) is 11.1 Å². The average molecular weight is 421 g/mol. The highest BCUT2D eigenvalue weighted by Gasteiger charge is 2.18. The molecule has 0 saturated carbocycles. The SMILES string of the molecule is Cc1ccc(-c2cc3c4nnc(CCC(=O)N5CCSCC5)n4ccn3n2)cc1C. The minimum absolute atomic E-state index is 0.203. The van der Waals surface area contributed by atoms with Crippen LogP contribution in [0.1, 0.15) is 23.4 Å². The number of hydrogen-bond donors (Lipinski definition) is 0. The second-order valence-electron chi connectivity index (χ2n) is 7.76. The maximum atomic E-state index is 12.5. The van der Waals surface area contributed by atoms with E-state index in [1.807, 2.05) is 38.0 Å². The van der Waals surface area contributed by atoms with Crippen LogP contribution >= 0.6 is 11.8 Å². The standard InChI is InChI=1S/C22H24N6OS/c1-15-3-4-17(13-16(15)2)18-14-19-22-24-23-20(27(22)7-8-28(19)25-18)5-6-21(29)26-9-11-30-12-10-26/h3-4,7-8,13-14H,5-6,9-12H2,1-2H3. The molecule has 1 aliphatic rings. The van der Waals surface area contributed by atoms with E-state index in [1.54, 1.807) is 0 Å². The normalized spacial score (nSPS) is 14.7. The van der Waals surface area contributed by atoms with Crippen molar-refractivity contribution in [3.05, 3.63) is 53.6 Å². The molecule has 3 aromatic heterocycles. The first-order chi connectivity index (χ1) is 14.6. The Labute approximate surface area is 179 Å². The van der Waals surface area contributed by atoms with Gasteiger partial charge in [0.25, 0.3) is 0 Å². The van der Waals surface area contributed by atoms with Crippen molar-refractivity contribution in [3.63, 3.8) is 0 Å². The van der Waals surface area contributed by atoms with Gasteiger partial charge in [0.15, 0.2) is 5.65 Å². The van der Waals surface area contributed by atoms with Gasteiger partial charge in [-0.3, -0.25) is 9.20 Å². The largest absolute Gasteiger partial charge is 0.341 e. The highest BCUT2D eigenvalue weighted by Crippen LogP contribution is 2.24. The Bertz CT molecular complexity index is 1240. The van der Waals surface area contributed by atoms with Crippen molar-refractivity contribution in [2.45, 2.75) is 26.7 Å². The second kappa shape index (κ2) is 7.75. The number of aryl methyl sites for hydroxylation is 3. The lowest BCUT2D eigenvalue weighted by Crippen LogP contribution is -2.38. The summed E-state index contributed by atoms with van der Waals surface area (Å²) < 4.78 is 3.81. The Morgan fingerprint density at radius 3 is 2.70 bits per heavy atom. The zero-order chi connectivity index (χ0) is 20.7. The van der Waals surface area contributed by atoms with Crippen LogP contribution in [0.5, 0.6) is 0 Å². The van der Waals surface area contributed by atoms with Gasteiger partial charge < -0.3 is 4.90 Å². The lowest BCUT2D eigenvalue weighted by atomic mass is 10.0. The van der Waals surface area contributed by atoms with Crippen LogP contribution in [0.2, 0.25) is 0 Å². The number of nitrogens with zero attached hydrogens (tertiary/aromatic N) is 6. The number of carbonyl (C=O) groups is 1. The quantitative estimate of drug-likeness (QED) is 0.507. The van der Waals surface area contributed by atoms with E-state index >= 15 is 0 Å². The molecule has 1 saturated heterocycles. The monoisotopic (exact) mass is 420 g/mol. The molecule has 0 N–H and O–H groups in total. The van der Waals surface area contributed by atoms with Gasteiger partial charge in [-0.25, -0.2) is 4.52 Å². The number of amides is 1. The summed E-state index contributed by atoms with van der Waals surface area (Å²) in [6.07, 6.45) is 4.89. The van der Waals surface area contributed by atoms with Gasteiger partial charge >= 0.3 is 0 Å². The van der Waals surface area contributed by atoms with Gasteiger partial charge in [-0.1, -0.05) is 12.1 Å². The highest BCUT2D eigenvalue weighted by molar-refractivity contribution is 7.99. The molecule has 5 rings (SSSR count). The van der Waals surface area contributed by atoms with Crippen molar-refractivity contribution in [1.82, 2.24) is 29.1 Å². The van der Waals surface area contributed by atoms with E-state index in [2.05, 4.69) is 48.3 Å². The Kier molecular flexibility index (Phi) is 4.94. The molecule has 7 nitrogen and oxygen atoms in total. The zero-order valence-corrected chi connectivity index (χ0v) is 18.0. The summed E-state index contributed by atoms with van der Waals surface area (Å²) in [4.78, 5) is 14.5. The first-order valence-electron chi connectivity index (χ1n) is 10.3. The highest BCUT2D eigenvalue weighted by atomic mass is 32.2. The fourth-order valence-electron chi connectivity index (χ4n) is 3.86. The van der Waals surface area contributed by atoms with Crippen LogP contribution in [0.3, 0.4) is 0 Å². The van der Waals surface area contributed by atoms with Crippen molar-refractivity contribution in [3.8, 4) is 11.3 Å². The van der Waals surface area contributed by atoms with Crippen LogP contribution in [0.15, 0.2) is 36.7 Å². The van der Waals surface area contributed by atoms with Gasteiger partial charge in [-0.05, 0) is 37.1 Å². The molecular weight excluding hydrogens is 396 g/mol. The summed E-state index contributed by atoms with van der Waals surface area (Å²) in [6.45, 7) is 5.92. The molecule has 154 valence electrons. The zero-order valence-electron chi connectivity index (χ0n) is 17.2. The topological polar surface area (TPSA) is 67.8 Å². The minimum atomic E-state index is 0.203. The molecule has 8 heteroatoms. The predicted molar refractivity (Wildman–Crippen MR) is 119 cm³/mol. The number of thioether (sulfide) groups is 1. The molecule has 0 unspecified atom stereocenters. The third-order valence-corrected chi connectivity index (χ3v) is 6.76. The average Bonchev–Trinajstić information content (AvgIpc) is 3.38. The molecule has 1 aliphatic heterocycles. The van der Waals surface area contributed by atoms with Gasteiger partial charge in [0, 0.05) is 55.4 Å². The number of rotatable bonds is 4. The van der Waals surface area contributed by atoms with Gasteiger partial charge in [-0.15, -0.1) is 10.2 Å². The lowest BCUT2D eigenvalue weighted by Gasteiger charge is -2.26. The fraction of sp³-hybridized carbons (Fsp3) is 0.364. The number of carbonyl (C=O) groups excluding carboxylic acids is 1. The Morgan fingerprint density at radius 1 is 1.07 bits per heavy atom. The molecular formula is C22H24N6OS. The molecule has 4 heterocycles. The predicted octanol–water partition coefficient (Wildman–Crippen LogP) is 3.17. The Hall–Kier alpha value is -2.87. The molecule has 0 aliphatic carbocycles. The molecule has 0 radical (unpaired) electrons. The maximum absolute atomic E-state index is 12.5. The van der Waals surface area contributed by atoms with Gasteiger partial charge in [-0.2, -0.15) is 16.9 Å². The number of hydrogen-bond acceptors (Lipinski definition) is 5. The number of fused-ring (bicyclic) bond motifs is 3. The smallest absolute Gasteiger partial charge is 0.223 e. The molecule has 30 heavy (non-hydrogen) atoms. The number of benzene rings is 1. The molecule has 0 atom stereocenters. The van der Waals surface area contributed by atoms with Crippen LogP contribution < -0.4 is 0 Å². The summed E-state index contributed by atoms with van der Waals surface area (Å²) in [6, 6.07) is 8.43. The third kappa shape index (κ3) is 3.45. The molecule has 0 bridgehead atoms. The Morgan fingerprint density at radius 2 is 1.90 bits per heavy atom. The molecule has 0 spiro atoms. The van der Waals surface area contributed by atoms with E-state index in [0.29, 0.717) is 12.8 Å². The van der Waals surface area contributed by atoms with Crippen LogP contribution in [-0.2, 0) is 11.2 Å². The molecule has 1 aromatic carbocycles. The maximum Gasteiger partial charge on any atom is 0.223 e. The van der Waals surface area contributed by atoms with Gasteiger partial charge in [0.2, 0.25) is 5.91 Å². The lowest BCUT2D eigenvalue weighted by molar-refractivity contribution is -0.130. The van der Waals surface area contributed by atoms with Crippen molar-refractivity contribution in [1.29, 1.82) is 0 Å². The van der Waals surface area contributed by atoms with E-state index < -0.39 is 0 Å². The summed E-state index contributed by atoms with van der Waals surface area (Å²) in [5.74, 6) is 3.07. The van der Waals surface area contributed by atoms with E-state index in [9.17, 15) is 4.79 Å². The summed E-state index contributed by atoms with van der Waals surface area (Å²) >= 11 is 1.91. The molecule has 4 aromatic rings. The van der Waals surface area contributed by atoms with Gasteiger partial charge in [0.05, 0.1) is 5.69 Å². The van der Waals surface area contributed by atoms with Crippen molar-refractivity contribution in [2.24, 2.45) is 0 Å². The summed E-state index contributed by atoms with van der Waals surface area (Å²) in [5, 5.41) is 13.5. The summed E-state index contributed by atoms with van der Waals surface area (Å²) in [7, 11) is 0. The van der Waals surface area contributed by atoms with Crippen molar-refractivity contribution in [2.75, 3.05) is 24.6 Å². The van der Waals surface area contributed by atoms with Crippen LogP contribution in [0.25, 0.3) is 22.4 Å².